The third-order valence-electron chi connectivity index (χ3n) is 2.68. The maximum atomic E-state index is 12.0. The van der Waals surface area contributed by atoms with Crippen LogP contribution < -0.4 is 5.32 Å². The van der Waals surface area contributed by atoms with Gasteiger partial charge in [-0.25, -0.2) is 4.98 Å². The maximum absolute atomic E-state index is 12.0. The SMILES string of the molecule is CCc1nc(C(=O)Nc2ccccc2CC(=O)O)n[nH]1. The second-order valence-electron chi connectivity index (χ2n) is 4.14. The zero-order valence-electron chi connectivity index (χ0n) is 10.9. The van der Waals surface area contributed by atoms with Crippen LogP contribution in [-0.2, 0) is 17.6 Å². The van der Waals surface area contributed by atoms with E-state index in [2.05, 4.69) is 20.5 Å². The van der Waals surface area contributed by atoms with Crippen molar-refractivity contribution >= 4 is 17.6 Å². The van der Waals surface area contributed by atoms with Gasteiger partial charge in [-0.05, 0) is 11.6 Å². The molecular weight excluding hydrogens is 260 g/mol. The van der Waals surface area contributed by atoms with Gasteiger partial charge in [-0.1, -0.05) is 25.1 Å². The van der Waals surface area contributed by atoms with E-state index in [1.165, 1.54) is 0 Å². The van der Waals surface area contributed by atoms with Gasteiger partial charge in [0.05, 0.1) is 6.42 Å². The highest BCUT2D eigenvalue weighted by Crippen LogP contribution is 2.16. The molecule has 7 nitrogen and oxygen atoms in total. The Morgan fingerprint density at radius 1 is 1.35 bits per heavy atom. The minimum atomic E-state index is -0.960. The number of carboxylic acid groups (broad SMARTS) is 1. The first-order chi connectivity index (χ1) is 9.60. The molecular formula is C13H14N4O3. The van der Waals surface area contributed by atoms with Gasteiger partial charge in [-0.2, -0.15) is 0 Å². The standard InChI is InChI=1S/C13H14N4O3/c1-2-10-15-12(17-16-10)13(20)14-9-6-4-3-5-8(9)7-11(18)19/h3-6H,2,7H2,1H3,(H,14,20)(H,18,19)(H,15,16,17). The summed E-state index contributed by atoms with van der Waals surface area (Å²) in [6.07, 6.45) is 0.487. The molecule has 3 N–H and O–H groups in total. The molecule has 0 fully saturated rings. The Hall–Kier alpha value is -2.70. The first kappa shape index (κ1) is 13.7. The van der Waals surface area contributed by atoms with E-state index in [1.807, 2.05) is 6.92 Å². The number of aryl methyl sites for hydroxylation is 1. The molecule has 1 aromatic carbocycles. The summed E-state index contributed by atoms with van der Waals surface area (Å²) in [6, 6.07) is 6.73. The average molecular weight is 274 g/mol. The van der Waals surface area contributed by atoms with Crippen LogP contribution in [0.4, 0.5) is 5.69 Å². The molecule has 1 aromatic heterocycles. The summed E-state index contributed by atoms with van der Waals surface area (Å²) in [6.45, 7) is 1.89. The predicted octanol–water partition coefficient (Wildman–Crippen LogP) is 1.25. The number of carboxylic acids is 1. The number of hydrogen-bond acceptors (Lipinski definition) is 4. The molecule has 0 aliphatic rings. The molecule has 0 aliphatic heterocycles. The Bertz CT molecular complexity index is 636. The van der Waals surface area contributed by atoms with E-state index in [4.69, 9.17) is 5.11 Å². The van der Waals surface area contributed by atoms with Gasteiger partial charge in [0.1, 0.15) is 5.82 Å². The first-order valence-electron chi connectivity index (χ1n) is 6.12. The summed E-state index contributed by atoms with van der Waals surface area (Å²) in [5.41, 5.74) is 0.974. The largest absolute Gasteiger partial charge is 0.481 e. The maximum Gasteiger partial charge on any atom is 0.307 e. The highest BCUT2D eigenvalue weighted by molar-refractivity contribution is 6.02. The number of rotatable bonds is 5. The van der Waals surface area contributed by atoms with Crippen LogP contribution in [0.25, 0.3) is 0 Å². The second kappa shape index (κ2) is 5.96. The van der Waals surface area contributed by atoms with Crippen molar-refractivity contribution in [3.05, 3.63) is 41.5 Å². The van der Waals surface area contributed by atoms with Crippen molar-refractivity contribution in [2.75, 3.05) is 5.32 Å². The Kier molecular flexibility index (Phi) is 4.09. The van der Waals surface area contributed by atoms with E-state index >= 15 is 0 Å². The number of aromatic nitrogens is 3. The van der Waals surface area contributed by atoms with Crippen molar-refractivity contribution in [3.63, 3.8) is 0 Å². The van der Waals surface area contributed by atoms with Crippen LogP contribution in [-0.4, -0.2) is 32.2 Å². The minimum absolute atomic E-state index is 0.0342. The monoisotopic (exact) mass is 274 g/mol. The number of nitrogens with zero attached hydrogens (tertiary/aromatic N) is 2. The molecule has 104 valence electrons. The molecule has 0 aliphatic carbocycles. The Morgan fingerprint density at radius 2 is 2.10 bits per heavy atom. The highest BCUT2D eigenvalue weighted by Gasteiger charge is 2.14. The summed E-state index contributed by atoms with van der Waals surface area (Å²) in [5, 5.41) is 17.9. The third-order valence-corrected chi connectivity index (χ3v) is 2.68. The summed E-state index contributed by atoms with van der Waals surface area (Å²) < 4.78 is 0. The lowest BCUT2D eigenvalue weighted by molar-refractivity contribution is -0.136. The fraction of sp³-hybridized carbons (Fsp3) is 0.231. The molecule has 0 atom stereocenters. The van der Waals surface area contributed by atoms with Gasteiger partial charge in [0.2, 0.25) is 5.82 Å². The van der Waals surface area contributed by atoms with E-state index in [0.29, 0.717) is 23.5 Å². The van der Waals surface area contributed by atoms with E-state index < -0.39 is 11.9 Å². The molecule has 0 saturated carbocycles. The fourth-order valence-electron chi connectivity index (χ4n) is 1.69. The number of carbonyl (C=O) groups excluding carboxylic acids is 1. The number of H-pyrrole nitrogens is 1. The number of aromatic amines is 1. The molecule has 7 heteroatoms. The van der Waals surface area contributed by atoms with Gasteiger partial charge < -0.3 is 10.4 Å². The van der Waals surface area contributed by atoms with Crippen molar-refractivity contribution in [1.82, 2.24) is 15.2 Å². The molecule has 0 radical (unpaired) electrons. The number of aliphatic carboxylic acids is 1. The summed E-state index contributed by atoms with van der Waals surface area (Å²) in [4.78, 5) is 26.8. The number of carbonyl (C=O) groups is 2. The van der Waals surface area contributed by atoms with E-state index in [9.17, 15) is 9.59 Å². The van der Waals surface area contributed by atoms with Crippen LogP contribution in [0.2, 0.25) is 0 Å². The molecule has 20 heavy (non-hydrogen) atoms. The molecule has 0 bridgehead atoms. The predicted molar refractivity (Wildman–Crippen MR) is 71.5 cm³/mol. The van der Waals surface area contributed by atoms with Crippen molar-refractivity contribution in [3.8, 4) is 0 Å². The quantitative estimate of drug-likeness (QED) is 0.760. The summed E-state index contributed by atoms with van der Waals surface area (Å²) in [7, 11) is 0. The van der Waals surface area contributed by atoms with Crippen LogP contribution in [0.5, 0.6) is 0 Å². The molecule has 0 unspecified atom stereocenters. The molecule has 2 aromatic rings. The molecule has 0 spiro atoms. The van der Waals surface area contributed by atoms with Crippen molar-refractivity contribution in [2.45, 2.75) is 19.8 Å². The minimum Gasteiger partial charge on any atom is -0.481 e. The van der Waals surface area contributed by atoms with Crippen LogP contribution in [0.15, 0.2) is 24.3 Å². The van der Waals surface area contributed by atoms with E-state index in [1.54, 1.807) is 24.3 Å². The number of hydrogen-bond donors (Lipinski definition) is 3. The average Bonchev–Trinajstić information content (AvgIpc) is 2.89. The van der Waals surface area contributed by atoms with E-state index in [0.717, 1.165) is 0 Å². The zero-order chi connectivity index (χ0) is 14.5. The normalized spacial score (nSPS) is 10.2. The Morgan fingerprint density at radius 3 is 2.75 bits per heavy atom. The number of para-hydroxylation sites is 1. The number of benzene rings is 1. The van der Waals surface area contributed by atoms with Gasteiger partial charge in [0, 0.05) is 12.1 Å². The van der Waals surface area contributed by atoms with Gasteiger partial charge in [-0.15, -0.1) is 5.10 Å². The topological polar surface area (TPSA) is 108 Å². The lowest BCUT2D eigenvalue weighted by Gasteiger charge is -2.07. The molecule has 1 heterocycles. The molecule has 1 amide bonds. The summed E-state index contributed by atoms with van der Waals surface area (Å²) in [5.74, 6) is -0.780. The van der Waals surface area contributed by atoms with Crippen molar-refractivity contribution < 1.29 is 14.7 Å². The van der Waals surface area contributed by atoms with Gasteiger partial charge >= 0.3 is 5.97 Å². The molecule has 2 rings (SSSR count). The molecule has 0 saturated heterocycles. The summed E-state index contributed by atoms with van der Waals surface area (Å²) >= 11 is 0. The lowest BCUT2D eigenvalue weighted by Crippen LogP contribution is -2.16. The Balaban J connectivity index is 2.17. The lowest BCUT2D eigenvalue weighted by atomic mass is 10.1. The van der Waals surface area contributed by atoms with Crippen molar-refractivity contribution in [2.24, 2.45) is 0 Å². The van der Waals surface area contributed by atoms with Gasteiger partial charge in [0.15, 0.2) is 0 Å². The number of anilines is 1. The van der Waals surface area contributed by atoms with Crippen LogP contribution in [0.3, 0.4) is 0 Å². The fourth-order valence-corrected chi connectivity index (χ4v) is 1.69. The number of amides is 1. The van der Waals surface area contributed by atoms with Crippen LogP contribution in [0.1, 0.15) is 28.9 Å². The van der Waals surface area contributed by atoms with Crippen LogP contribution >= 0.6 is 0 Å². The van der Waals surface area contributed by atoms with Gasteiger partial charge in [0.25, 0.3) is 5.91 Å². The second-order valence-corrected chi connectivity index (χ2v) is 4.14. The highest BCUT2D eigenvalue weighted by atomic mass is 16.4. The Labute approximate surface area is 115 Å². The first-order valence-corrected chi connectivity index (χ1v) is 6.12. The van der Waals surface area contributed by atoms with E-state index in [-0.39, 0.29) is 12.2 Å². The van der Waals surface area contributed by atoms with Gasteiger partial charge in [-0.3, -0.25) is 14.7 Å². The smallest absolute Gasteiger partial charge is 0.307 e. The number of nitrogens with one attached hydrogen (secondary N) is 2. The van der Waals surface area contributed by atoms with Crippen molar-refractivity contribution in [1.29, 1.82) is 0 Å². The zero-order valence-corrected chi connectivity index (χ0v) is 10.9. The van der Waals surface area contributed by atoms with Crippen LogP contribution in [0, 0.1) is 0 Å². The third kappa shape index (κ3) is 3.19.